The lowest BCUT2D eigenvalue weighted by atomic mass is 10.2. The Balaban J connectivity index is 1.54. The highest BCUT2D eigenvalue weighted by atomic mass is 19.1. The molecule has 0 spiro atoms. The lowest BCUT2D eigenvalue weighted by Crippen LogP contribution is -2.39. The van der Waals surface area contributed by atoms with Gasteiger partial charge in [0.15, 0.2) is 18.2 Å². The predicted octanol–water partition coefficient (Wildman–Crippen LogP) is 2.27. The van der Waals surface area contributed by atoms with Gasteiger partial charge in [0.1, 0.15) is 5.82 Å². The second-order valence-electron chi connectivity index (χ2n) is 5.67. The van der Waals surface area contributed by atoms with Crippen LogP contribution in [0.3, 0.4) is 0 Å². The number of halogens is 2. The van der Waals surface area contributed by atoms with E-state index in [1.807, 2.05) is 0 Å². The first kappa shape index (κ1) is 16.9. The molecule has 1 heterocycles. The topological polar surface area (TPSA) is 58.6 Å². The number of carbonyl (C=O) groups excluding carboxylic acids is 2. The number of amides is 2. The Labute approximate surface area is 143 Å². The smallest absolute Gasteiger partial charge is 0.258 e. The summed E-state index contributed by atoms with van der Waals surface area (Å²) in [6.45, 7) is -0.112. The zero-order valence-electron chi connectivity index (χ0n) is 13.2. The summed E-state index contributed by atoms with van der Waals surface area (Å²) in [5.74, 6) is -1.66. The lowest BCUT2D eigenvalue weighted by molar-refractivity contribution is -0.123. The van der Waals surface area contributed by atoms with Crippen molar-refractivity contribution < 1.29 is 23.1 Å². The van der Waals surface area contributed by atoms with E-state index in [-0.39, 0.29) is 31.2 Å². The largest absolute Gasteiger partial charge is 0.481 e. The maximum absolute atomic E-state index is 13.4. The van der Waals surface area contributed by atoms with Crippen LogP contribution in [0.1, 0.15) is 6.42 Å². The molecule has 1 N–H and O–H groups in total. The first-order valence-electron chi connectivity index (χ1n) is 7.75. The van der Waals surface area contributed by atoms with Crippen LogP contribution in [-0.4, -0.2) is 31.0 Å². The number of para-hydroxylation sites is 1. The quantitative estimate of drug-likeness (QED) is 0.904. The average molecular weight is 346 g/mol. The molecule has 2 aromatic carbocycles. The third kappa shape index (κ3) is 4.12. The predicted molar refractivity (Wildman–Crippen MR) is 87.2 cm³/mol. The number of carbonyl (C=O) groups is 2. The lowest BCUT2D eigenvalue weighted by Gasteiger charge is -2.17. The summed E-state index contributed by atoms with van der Waals surface area (Å²) in [5, 5.41) is 2.67. The third-order valence-electron chi connectivity index (χ3n) is 3.81. The van der Waals surface area contributed by atoms with Crippen LogP contribution in [0.4, 0.5) is 14.5 Å². The Morgan fingerprint density at radius 2 is 2.00 bits per heavy atom. The summed E-state index contributed by atoms with van der Waals surface area (Å²) in [5.41, 5.74) is 0.448. The van der Waals surface area contributed by atoms with Crippen molar-refractivity contribution in [1.82, 2.24) is 5.32 Å². The second kappa shape index (κ2) is 7.29. The highest BCUT2D eigenvalue weighted by molar-refractivity contribution is 5.96. The van der Waals surface area contributed by atoms with Gasteiger partial charge >= 0.3 is 0 Å². The van der Waals surface area contributed by atoms with Crippen molar-refractivity contribution in [3.63, 3.8) is 0 Å². The van der Waals surface area contributed by atoms with E-state index < -0.39 is 23.6 Å². The normalized spacial score (nSPS) is 16.8. The van der Waals surface area contributed by atoms with Gasteiger partial charge in [0, 0.05) is 18.7 Å². The molecule has 1 fully saturated rings. The summed E-state index contributed by atoms with van der Waals surface area (Å²) in [4.78, 5) is 25.4. The van der Waals surface area contributed by atoms with Gasteiger partial charge in [-0.3, -0.25) is 9.59 Å². The fourth-order valence-electron chi connectivity index (χ4n) is 2.67. The van der Waals surface area contributed by atoms with Crippen LogP contribution < -0.4 is 15.0 Å². The van der Waals surface area contributed by atoms with Crippen LogP contribution >= 0.6 is 0 Å². The molecular formula is C18H16F2N2O3. The zero-order valence-corrected chi connectivity index (χ0v) is 13.2. The molecule has 2 amide bonds. The third-order valence-corrected chi connectivity index (χ3v) is 3.81. The van der Waals surface area contributed by atoms with Gasteiger partial charge in [0.2, 0.25) is 5.91 Å². The van der Waals surface area contributed by atoms with E-state index in [0.717, 1.165) is 0 Å². The molecule has 0 bridgehead atoms. The first-order valence-corrected chi connectivity index (χ1v) is 7.75. The van der Waals surface area contributed by atoms with E-state index in [9.17, 15) is 18.4 Å². The standard InChI is InChI=1S/C18H16F2N2O3/c19-12-4-3-5-14(8-12)22-10-13(9-18(22)24)21-17(23)11-25-16-7-2-1-6-15(16)20/h1-8,13H,9-11H2,(H,21,23). The summed E-state index contributed by atoms with van der Waals surface area (Å²) < 4.78 is 31.9. The summed E-state index contributed by atoms with van der Waals surface area (Å²) in [6.07, 6.45) is 0.113. The van der Waals surface area contributed by atoms with Crippen LogP contribution in [0.2, 0.25) is 0 Å². The molecule has 0 aromatic heterocycles. The summed E-state index contributed by atoms with van der Waals surface area (Å²) >= 11 is 0. The van der Waals surface area contributed by atoms with Crippen molar-refractivity contribution in [2.75, 3.05) is 18.1 Å². The highest BCUT2D eigenvalue weighted by Gasteiger charge is 2.31. The van der Waals surface area contributed by atoms with Gasteiger partial charge in [-0.2, -0.15) is 0 Å². The SMILES string of the molecule is O=C(COc1ccccc1F)NC1CC(=O)N(c2cccc(F)c2)C1. The van der Waals surface area contributed by atoms with Gasteiger partial charge in [0.05, 0.1) is 6.04 Å². The van der Waals surface area contributed by atoms with E-state index in [1.165, 1.54) is 41.3 Å². The Morgan fingerprint density at radius 1 is 1.20 bits per heavy atom. The molecule has 25 heavy (non-hydrogen) atoms. The first-order chi connectivity index (χ1) is 12.0. The van der Waals surface area contributed by atoms with Gasteiger partial charge in [0.25, 0.3) is 5.91 Å². The summed E-state index contributed by atoms with van der Waals surface area (Å²) in [7, 11) is 0. The Hall–Kier alpha value is -2.96. The maximum atomic E-state index is 13.4. The minimum atomic E-state index is -0.552. The van der Waals surface area contributed by atoms with Gasteiger partial charge in [-0.1, -0.05) is 18.2 Å². The number of nitrogens with one attached hydrogen (secondary N) is 1. The number of rotatable bonds is 5. The molecule has 130 valence electrons. The molecule has 1 unspecified atom stereocenters. The van der Waals surface area contributed by atoms with Crippen molar-refractivity contribution in [1.29, 1.82) is 0 Å². The van der Waals surface area contributed by atoms with E-state index >= 15 is 0 Å². The van der Waals surface area contributed by atoms with Gasteiger partial charge in [-0.15, -0.1) is 0 Å². The van der Waals surface area contributed by atoms with Gasteiger partial charge in [-0.05, 0) is 30.3 Å². The fraction of sp³-hybridized carbons (Fsp3) is 0.222. The molecule has 1 aliphatic rings. The van der Waals surface area contributed by atoms with Gasteiger partial charge < -0.3 is 15.0 Å². The van der Waals surface area contributed by atoms with Crippen molar-refractivity contribution in [2.24, 2.45) is 0 Å². The van der Waals surface area contributed by atoms with Crippen LogP contribution in [0.15, 0.2) is 48.5 Å². The molecule has 1 saturated heterocycles. The van der Waals surface area contributed by atoms with E-state index in [4.69, 9.17) is 4.74 Å². The molecule has 7 heteroatoms. The van der Waals surface area contributed by atoms with Crippen molar-refractivity contribution in [2.45, 2.75) is 12.5 Å². The number of hydrogen-bond acceptors (Lipinski definition) is 3. The Bertz CT molecular complexity index is 797. The van der Waals surface area contributed by atoms with Crippen molar-refractivity contribution in [3.8, 4) is 5.75 Å². The average Bonchev–Trinajstić information content (AvgIpc) is 2.94. The molecule has 1 aliphatic heterocycles. The fourth-order valence-corrected chi connectivity index (χ4v) is 2.67. The number of benzene rings is 2. The minimum Gasteiger partial charge on any atom is -0.481 e. The monoisotopic (exact) mass is 346 g/mol. The van der Waals surface area contributed by atoms with Crippen LogP contribution in [0.5, 0.6) is 5.75 Å². The van der Waals surface area contributed by atoms with E-state index in [2.05, 4.69) is 5.32 Å². The number of nitrogens with zero attached hydrogens (tertiary/aromatic N) is 1. The van der Waals surface area contributed by atoms with Gasteiger partial charge in [-0.25, -0.2) is 8.78 Å². The molecule has 0 saturated carbocycles. The number of anilines is 1. The highest BCUT2D eigenvalue weighted by Crippen LogP contribution is 2.22. The van der Waals surface area contributed by atoms with Crippen LogP contribution in [0, 0.1) is 11.6 Å². The molecular weight excluding hydrogens is 330 g/mol. The van der Waals surface area contributed by atoms with E-state index in [0.29, 0.717) is 5.69 Å². The molecule has 1 atom stereocenters. The minimum absolute atomic E-state index is 0.0125. The molecule has 2 aromatic rings. The van der Waals surface area contributed by atoms with E-state index in [1.54, 1.807) is 12.1 Å². The number of hydrogen-bond donors (Lipinski definition) is 1. The van der Waals surface area contributed by atoms with Crippen LogP contribution in [0.25, 0.3) is 0 Å². The second-order valence-corrected chi connectivity index (χ2v) is 5.67. The van der Waals surface area contributed by atoms with Crippen LogP contribution in [-0.2, 0) is 9.59 Å². The van der Waals surface area contributed by atoms with Crippen molar-refractivity contribution >= 4 is 17.5 Å². The summed E-state index contributed by atoms with van der Waals surface area (Å²) in [6, 6.07) is 11.1. The van der Waals surface area contributed by atoms with Crippen molar-refractivity contribution in [3.05, 3.63) is 60.2 Å². The molecule has 0 aliphatic carbocycles. The Morgan fingerprint density at radius 3 is 2.76 bits per heavy atom. The Kier molecular flexibility index (Phi) is 4.92. The molecule has 3 rings (SSSR count). The molecule has 5 nitrogen and oxygen atoms in total. The maximum Gasteiger partial charge on any atom is 0.258 e. The number of ether oxygens (including phenoxy) is 1. The molecule has 0 radical (unpaired) electrons. The zero-order chi connectivity index (χ0) is 17.8.